The SMILES string of the molecule is COc1cc(CC(=O)Nc2ccc3c(c2)NC(=O)C(C)O3)cc(OC)c1OC. The van der Waals surface area contributed by atoms with E-state index in [9.17, 15) is 9.59 Å². The number of carbonyl (C=O) groups excluding carboxylic acids is 2. The molecule has 3 rings (SSSR count). The van der Waals surface area contributed by atoms with Crippen molar-refractivity contribution >= 4 is 23.2 Å². The summed E-state index contributed by atoms with van der Waals surface area (Å²) in [6.45, 7) is 1.67. The van der Waals surface area contributed by atoms with E-state index in [0.29, 0.717) is 39.9 Å². The Morgan fingerprint density at radius 2 is 1.79 bits per heavy atom. The number of hydrogen-bond donors (Lipinski definition) is 2. The van der Waals surface area contributed by atoms with Gasteiger partial charge in [-0.2, -0.15) is 0 Å². The van der Waals surface area contributed by atoms with Crippen molar-refractivity contribution < 1.29 is 28.5 Å². The maximum Gasteiger partial charge on any atom is 0.265 e. The molecule has 148 valence electrons. The highest BCUT2D eigenvalue weighted by atomic mass is 16.5. The van der Waals surface area contributed by atoms with Crippen LogP contribution in [0.5, 0.6) is 23.0 Å². The van der Waals surface area contributed by atoms with E-state index in [1.54, 1.807) is 37.3 Å². The van der Waals surface area contributed by atoms with Gasteiger partial charge < -0.3 is 29.6 Å². The van der Waals surface area contributed by atoms with Crippen LogP contribution < -0.4 is 29.6 Å². The van der Waals surface area contributed by atoms with Gasteiger partial charge in [0.15, 0.2) is 17.6 Å². The van der Waals surface area contributed by atoms with Gasteiger partial charge in [0.1, 0.15) is 5.75 Å². The summed E-state index contributed by atoms with van der Waals surface area (Å²) in [4.78, 5) is 24.2. The molecule has 2 aromatic rings. The third-order valence-electron chi connectivity index (χ3n) is 4.28. The van der Waals surface area contributed by atoms with Crippen LogP contribution in [0.3, 0.4) is 0 Å². The highest BCUT2D eigenvalue weighted by Gasteiger charge is 2.23. The number of hydrogen-bond acceptors (Lipinski definition) is 6. The van der Waals surface area contributed by atoms with E-state index in [1.165, 1.54) is 21.3 Å². The second-order valence-electron chi connectivity index (χ2n) is 6.22. The van der Waals surface area contributed by atoms with Gasteiger partial charge in [0, 0.05) is 5.69 Å². The van der Waals surface area contributed by atoms with E-state index < -0.39 is 6.10 Å². The van der Waals surface area contributed by atoms with Crippen molar-refractivity contribution in [3.63, 3.8) is 0 Å². The molecule has 1 aliphatic rings. The average Bonchev–Trinajstić information content (AvgIpc) is 2.68. The Labute approximate surface area is 162 Å². The molecule has 0 saturated heterocycles. The molecule has 1 atom stereocenters. The minimum Gasteiger partial charge on any atom is -0.493 e. The Morgan fingerprint density at radius 3 is 2.39 bits per heavy atom. The van der Waals surface area contributed by atoms with E-state index >= 15 is 0 Å². The van der Waals surface area contributed by atoms with Crippen LogP contribution in [0, 0.1) is 0 Å². The van der Waals surface area contributed by atoms with Crippen LogP contribution in [0.1, 0.15) is 12.5 Å². The first-order valence-electron chi connectivity index (χ1n) is 8.65. The molecular weight excluding hydrogens is 364 g/mol. The van der Waals surface area contributed by atoms with E-state index in [1.807, 2.05) is 0 Å². The number of amides is 2. The first-order chi connectivity index (χ1) is 13.4. The van der Waals surface area contributed by atoms with Crippen molar-refractivity contribution in [2.24, 2.45) is 0 Å². The Balaban J connectivity index is 1.74. The fraction of sp³-hybridized carbons (Fsp3) is 0.300. The van der Waals surface area contributed by atoms with Crippen molar-refractivity contribution in [2.75, 3.05) is 32.0 Å². The molecule has 8 nitrogen and oxygen atoms in total. The largest absolute Gasteiger partial charge is 0.493 e. The smallest absolute Gasteiger partial charge is 0.265 e. The van der Waals surface area contributed by atoms with Crippen LogP contribution in [0.2, 0.25) is 0 Å². The summed E-state index contributed by atoms with van der Waals surface area (Å²) in [6, 6.07) is 8.54. The predicted octanol–water partition coefficient (Wildman–Crippen LogP) is 2.61. The molecular formula is C20H22N2O6. The molecule has 0 aromatic heterocycles. The van der Waals surface area contributed by atoms with Gasteiger partial charge in [0.2, 0.25) is 11.7 Å². The van der Waals surface area contributed by atoms with Crippen molar-refractivity contribution in [3.05, 3.63) is 35.9 Å². The summed E-state index contributed by atoms with van der Waals surface area (Å²) in [5, 5.41) is 5.57. The summed E-state index contributed by atoms with van der Waals surface area (Å²) >= 11 is 0. The molecule has 2 amide bonds. The lowest BCUT2D eigenvalue weighted by Gasteiger charge is -2.23. The number of fused-ring (bicyclic) bond motifs is 1. The van der Waals surface area contributed by atoms with E-state index in [4.69, 9.17) is 18.9 Å². The summed E-state index contributed by atoms with van der Waals surface area (Å²) < 4.78 is 21.4. The first kappa shape index (κ1) is 19.3. The molecule has 0 radical (unpaired) electrons. The Morgan fingerprint density at radius 1 is 1.11 bits per heavy atom. The molecule has 1 aliphatic heterocycles. The standard InChI is InChI=1S/C20H22N2O6/c1-11-20(24)22-14-10-13(5-6-15(14)28-11)21-18(23)9-12-7-16(25-2)19(27-4)17(8-12)26-3/h5-8,10-11H,9H2,1-4H3,(H,21,23)(H,22,24). The predicted molar refractivity (Wildman–Crippen MR) is 104 cm³/mol. The average molecular weight is 386 g/mol. The first-order valence-corrected chi connectivity index (χ1v) is 8.65. The van der Waals surface area contributed by atoms with Crippen LogP contribution in [0.25, 0.3) is 0 Å². The van der Waals surface area contributed by atoms with Gasteiger partial charge in [-0.1, -0.05) is 0 Å². The summed E-state index contributed by atoms with van der Waals surface area (Å²) in [5.41, 5.74) is 1.78. The molecule has 8 heteroatoms. The molecule has 2 aromatic carbocycles. The third kappa shape index (κ3) is 3.95. The van der Waals surface area contributed by atoms with Gasteiger partial charge >= 0.3 is 0 Å². The lowest BCUT2D eigenvalue weighted by Crippen LogP contribution is -2.34. The number of ether oxygens (including phenoxy) is 4. The second kappa shape index (κ2) is 8.08. The van der Waals surface area contributed by atoms with Crippen molar-refractivity contribution in [2.45, 2.75) is 19.4 Å². The highest BCUT2D eigenvalue weighted by molar-refractivity contribution is 5.99. The van der Waals surface area contributed by atoms with Crippen LogP contribution >= 0.6 is 0 Å². The number of benzene rings is 2. The monoisotopic (exact) mass is 386 g/mol. The Kier molecular flexibility index (Phi) is 5.58. The highest BCUT2D eigenvalue weighted by Crippen LogP contribution is 2.38. The van der Waals surface area contributed by atoms with Crippen molar-refractivity contribution in [1.29, 1.82) is 0 Å². The van der Waals surface area contributed by atoms with Gasteiger partial charge in [-0.25, -0.2) is 0 Å². The fourth-order valence-corrected chi connectivity index (χ4v) is 2.91. The molecule has 28 heavy (non-hydrogen) atoms. The van der Waals surface area contributed by atoms with Crippen LogP contribution in [0.15, 0.2) is 30.3 Å². The molecule has 0 aliphatic carbocycles. The minimum atomic E-state index is -0.548. The van der Waals surface area contributed by atoms with Gasteiger partial charge in [-0.15, -0.1) is 0 Å². The summed E-state index contributed by atoms with van der Waals surface area (Å²) in [5.74, 6) is 1.53. The van der Waals surface area contributed by atoms with Gasteiger partial charge in [0.25, 0.3) is 5.91 Å². The quantitative estimate of drug-likeness (QED) is 0.792. The number of nitrogens with one attached hydrogen (secondary N) is 2. The van der Waals surface area contributed by atoms with Gasteiger partial charge in [0.05, 0.1) is 33.4 Å². The summed E-state index contributed by atoms with van der Waals surface area (Å²) in [6.07, 6.45) is -0.443. The molecule has 0 spiro atoms. The molecule has 1 heterocycles. The van der Waals surface area contributed by atoms with Gasteiger partial charge in [-0.05, 0) is 42.8 Å². The van der Waals surface area contributed by atoms with Crippen LogP contribution in [-0.2, 0) is 16.0 Å². The number of rotatable bonds is 6. The van der Waals surface area contributed by atoms with Crippen LogP contribution in [0.4, 0.5) is 11.4 Å². The molecule has 1 unspecified atom stereocenters. The zero-order valence-electron chi connectivity index (χ0n) is 16.1. The van der Waals surface area contributed by atoms with E-state index in [-0.39, 0.29) is 18.2 Å². The maximum atomic E-state index is 12.5. The molecule has 0 saturated carbocycles. The topological polar surface area (TPSA) is 95.1 Å². The molecule has 2 N–H and O–H groups in total. The van der Waals surface area contributed by atoms with E-state index in [2.05, 4.69) is 10.6 Å². The fourth-order valence-electron chi connectivity index (χ4n) is 2.91. The Bertz CT molecular complexity index is 887. The minimum absolute atomic E-state index is 0.105. The zero-order valence-corrected chi connectivity index (χ0v) is 16.1. The Hall–Kier alpha value is -3.42. The number of anilines is 2. The normalized spacial score (nSPS) is 15.0. The second-order valence-corrected chi connectivity index (χ2v) is 6.22. The van der Waals surface area contributed by atoms with Gasteiger partial charge in [-0.3, -0.25) is 9.59 Å². The van der Waals surface area contributed by atoms with Crippen molar-refractivity contribution in [3.8, 4) is 23.0 Å². The van der Waals surface area contributed by atoms with Crippen molar-refractivity contribution in [1.82, 2.24) is 0 Å². The molecule has 0 bridgehead atoms. The molecule has 0 fully saturated rings. The lowest BCUT2D eigenvalue weighted by molar-refractivity contribution is -0.122. The number of carbonyl (C=O) groups is 2. The number of methoxy groups -OCH3 is 3. The zero-order chi connectivity index (χ0) is 20.3. The van der Waals surface area contributed by atoms with Crippen LogP contribution in [-0.4, -0.2) is 39.2 Å². The lowest BCUT2D eigenvalue weighted by atomic mass is 10.1. The maximum absolute atomic E-state index is 12.5. The summed E-state index contributed by atoms with van der Waals surface area (Å²) in [7, 11) is 4.56. The van der Waals surface area contributed by atoms with E-state index in [0.717, 1.165) is 0 Å². The third-order valence-corrected chi connectivity index (χ3v) is 4.28.